The van der Waals surface area contributed by atoms with Crippen LogP contribution in [0.25, 0.3) is 34.4 Å². The molecule has 0 aliphatic heterocycles. The molecule has 8 aliphatic rings. The van der Waals surface area contributed by atoms with E-state index in [0.29, 0.717) is 44.5 Å². The SMILES string of the molecule is N#CC(C#N)=C1/C(=C/C2=Cc3cc4c(cc3C23CCCCC3)-c2cc3c(cc2C42CCCCC2)C=C(/C=C2\C(=O)c4ccccc4C2=C(C#N)C#N)C32CCCCC2)C(=O)c2ccccc21. The summed E-state index contributed by atoms with van der Waals surface area (Å²) >= 11 is 0. The average Bonchev–Trinajstić information content (AvgIpc) is 4.07. The summed E-state index contributed by atoms with van der Waals surface area (Å²) in [6.45, 7) is 0. The lowest BCUT2D eigenvalue weighted by molar-refractivity contribution is 0.103. The zero-order valence-electron chi connectivity index (χ0n) is 36.9. The third-order valence-corrected chi connectivity index (χ3v) is 17.0. The van der Waals surface area contributed by atoms with Crippen molar-refractivity contribution in [2.24, 2.45) is 0 Å². The highest BCUT2D eigenvalue weighted by molar-refractivity contribution is 6.29. The molecule has 0 radical (unpaired) electrons. The van der Waals surface area contributed by atoms with Gasteiger partial charge in [-0.1, -0.05) is 118 Å². The Hall–Kier alpha value is -7.38. The van der Waals surface area contributed by atoms with Gasteiger partial charge in [0.05, 0.1) is 0 Å². The van der Waals surface area contributed by atoms with Crippen molar-refractivity contribution >= 4 is 34.9 Å². The fourth-order valence-electron chi connectivity index (χ4n) is 14.1. The Kier molecular flexibility index (Phi) is 9.02. The van der Waals surface area contributed by atoms with Crippen LogP contribution in [0.2, 0.25) is 0 Å². The highest BCUT2D eigenvalue weighted by Crippen LogP contribution is 2.63. The van der Waals surface area contributed by atoms with Crippen LogP contribution in [0.15, 0.2) is 118 Å². The topological polar surface area (TPSA) is 129 Å². The molecule has 0 aromatic heterocycles. The molecule has 4 aromatic rings. The molecule has 0 saturated heterocycles. The van der Waals surface area contributed by atoms with Crippen LogP contribution in [0.1, 0.15) is 162 Å². The Morgan fingerprint density at radius 3 is 1.14 bits per heavy atom. The number of carbonyl (C=O) groups is 2. The second-order valence-electron chi connectivity index (χ2n) is 19.9. The molecule has 0 bridgehead atoms. The molecule has 318 valence electrons. The van der Waals surface area contributed by atoms with Crippen LogP contribution >= 0.6 is 0 Å². The van der Waals surface area contributed by atoms with E-state index in [1.807, 2.05) is 48.6 Å². The van der Waals surface area contributed by atoms with Crippen LogP contribution in [-0.2, 0) is 16.2 Å². The van der Waals surface area contributed by atoms with Crippen molar-refractivity contribution in [2.75, 3.05) is 0 Å². The number of hydrogen-bond acceptors (Lipinski definition) is 6. The minimum atomic E-state index is -0.303. The van der Waals surface area contributed by atoms with Gasteiger partial charge in [0, 0.05) is 49.7 Å². The van der Waals surface area contributed by atoms with Gasteiger partial charge in [-0.05, 0) is 142 Å². The molecule has 3 spiro atoms. The Morgan fingerprint density at radius 1 is 0.424 bits per heavy atom. The first kappa shape index (κ1) is 40.2. The van der Waals surface area contributed by atoms with Crippen molar-refractivity contribution in [3.63, 3.8) is 0 Å². The largest absolute Gasteiger partial charge is 0.289 e. The summed E-state index contributed by atoms with van der Waals surface area (Å²) in [6, 6.07) is 33.2. The van der Waals surface area contributed by atoms with Crippen molar-refractivity contribution < 1.29 is 9.59 Å². The zero-order chi connectivity index (χ0) is 45.0. The highest BCUT2D eigenvalue weighted by Gasteiger charge is 2.51. The van der Waals surface area contributed by atoms with E-state index < -0.39 is 0 Å². The van der Waals surface area contributed by atoms with Gasteiger partial charge in [-0.25, -0.2) is 0 Å². The van der Waals surface area contributed by atoms with Gasteiger partial charge < -0.3 is 0 Å². The van der Waals surface area contributed by atoms with Crippen molar-refractivity contribution in [1.29, 1.82) is 21.0 Å². The fraction of sp³-hybridized carbons (Fsp3) is 0.300. The lowest BCUT2D eigenvalue weighted by atomic mass is 9.65. The number of allylic oxidation sites excluding steroid dienone is 10. The molecule has 3 saturated carbocycles. The smallest absolute Gasteiger partial charge is 0.194 e. The number of carbonyl (C=O) groups excluding carboxylic acids is 2. The predicted octanol–water partition coefficient (Wildman–Crippen LogP) is 13.4. The predicted molar refractivity (Wildman–Crippen MR) is 255 cm³/mol. The van der Waals surface area contributed by atoms with Crippen LogP contribution in [0.3, 0.4) is 0 Å². The van der Waals surface area contributed by atoms with Gasteiger partial charge in [0.1, 0.15) is 35.4 Å². The number of rotatable bonds is 2. The van der Waals surface area contributed by atoms with Gasteiger partial charge in [0.25, 0.3) is 0 Å². The summed E-state index contributed by atoms with van der Waals surface area (Å²) in [5.41, 5.74) is 16.1. The van der Waals surface area contributed by atoms with Gasteiger partial charge in [0.2, 0.25) is 0 Å². The monoisotopic (exact) mass is 854 g/mol. The average molecular weight is 855 g/mol. The molecule has 0 N–H and O–H groups in total. The molecule has 0 atom stereocenters. The molecule has 0 heterocycles. The Balaban J connectivity index is 1.03. The molecule has 0 amide bonds. The van der Waals surface area contributed by atoms with E-state index in [1.54, 1.807) is 12.1 Å². The van der Waals surface area contributed by atoms with Crippen molar-refractivity contribution in [3.8, 4) is 35.4 Å². The standard InChI is InChI=1S/C60H46N4O2/c61-32-38(33-62)54-42-14-4-6-16-44(42)56(65)48(54)28-40-24-36-26-52-46(30-50(36)58(40)18-8-1-9-19-58)47-31-51-37(27-53(47)60(52)22-12-3-13-23-60)25-41(59(51)20-10-2-11-21-59)29-49-55(39(34-63)35-64)43-15-5-7-17-45(43)57(49)66/h4-7,14-17,24-31H,1-3,8-13,18-23H2/b48-28-,49-29-. The third kappa shape index (κ3) is 5.37. The van der Waals surface area contributed by atoms with Gasteiger partial charge in [-0.15, -0.1) is 0 Å². The van der Waals surface area contributed by atoms with Gasteiger partial charge in [-0.2, -0.15) is 21.0 Å². The van der Waals surface area contributed by atoms with Crippen LogP contribution in [0.4, 0.5) is 0 Å². The third-order valence-electron chi connectivity index (χ3n) is 17.0. The number of fused-ring (bicyclic) bond motifs is 11. The van der Waals surface area contributed by atoms with Crippen molar-refractivity contribution in [1.82, 2.24) is 0 Å². The van der Waals surface area contributed by atoms with E-state index in [4.69, 9.17) is 0 Å². The maximum absolute atomic E-state index is 14.3. The number of nitriles is 4. The van der Waals surface area contributed by atoms with E-state index in [2.05, 4.69) is 60.7 Å². The van der Waals surface area contributed by atoms with E-state index in [-0.39, 0.29) is 39.0 Å². The van der Waals surface area contributed by atoms with Gasteiger partial charge >= 0.3 is 0 Å². The summed E-state index contributed by atoms with van der Waals surface area (Å²) < 4.78 is 0. The first-order valence-electron chi connectivity index (χ1n) is 23.9. The Bertz CT molecular complexity index is 3070. The normalized spacial score (nSPS) is 21.9. The van der Waals surface area contributed by atoms with Crippen LogP contribution in [-0.4, -0.2) is 11.6 Å². The summed E-state index contributed by atoms with van der Waals surface area (Å²) in [6.07, 6.45) is 24.8. The fourth-order valence-corrected chi connectivity index (χ4v) is 14.1. The van der Waals surface area contributed by atoms with Gasteiger partial charge in [0.15, 0.2) is 11.6 Å². The zero-order valence-corrected chi connectivity index (χ0v) is 36.9. The highest BCUT2D eigenvalue weighted by atomic mass is 16.1. The van der Waals surface area contributed by atoms with Crippen LogP contribution in [0, 0.1) is 45.3 Å². The van der Waals surface area contributed by atoms with Crippen molar-refractivity contribution in [3.05, 3.63) is 174 Å². The van der Waals surface area contributed by atoms with E-state index >= 15 is 0 Å². The van der Waals surface area contributed by atoms with E-state index in [1.165, 1.54) is 50.9 Å². The first-order chi connectivity index (χ1) is 32.3. The first-order valence-corrected chi connectivity index (χ1v) is 23.9. The van der Waals surface area contributed by atoms with E-state index in [9.17, 15) is 30.6 Å². The lowest BCUT2D eigenvalue weighted by Gasteiger charge is -2.38. The summed E-state index contributed by atoms with van der Waals surface area (Å²) in [4.78, 5) is 28.5. The van der Waals surface area contributed by atoms with Crippen LogP contribution in [0.5, 0.6) is 0 Å². The maximum Gasteiger partial charge on any atom is 0.194 e. The van der Waals surface area contributed by atoms with Gasteiger partial charge in [-0.3, -0.25) is 9.59 Å². The summed E-state index contributed by atoms with van der Waals surface area (Å²) in [5, 5.41) is 40.6. The molecule has 66 heavy (non-hydrogen) atoms. The number of hydrogen-bond donors (Lipinski definition) is 0. The number of ketones is 2. The molecule has 8 aliphatic carbocycles. The Morgan fingerprint density at radius 2 is 0.773 bits per heavy atom. The second-order valence-corrected chi connectivity index (χ2v) is 19.9. The molecule has 12 rings (SSSR count). The molecule has 0 unspecified atom stereocenters. The molecular formula is C60H46N4O2. The van der Waals surface area contributed by atoms with Crippen molar-refractivity contribution in [2.45, 2.75) is 113 Å². The summed E-state index contributed by atoms with van der Waals surface area (Å²) in [5.74, 6) is -0.273. The van der Waals surface area contributed by atoms with Crippen LogP contribution < -0.4 is 0 Å². The molecule has 3 fully saturated rings. The summed E-state index contributed by atoms with van der Waals surface area (Å²) in [7, 11) is 0. The minimum Gasteiger partial charge on any atom is -0.289 e. The molecule has 6 nitrogen and oxygen atoms in total. The van der Waals surface area contributed by atoms with E-state index in [0.717, 1.165) is 101 Å². The quantitative estimate of drug-likeness (QED) is 0.146. The molecular weight excluding hydrogens is 809 g/mol. The second kappa shape index (κ2) is 14.8. The Labute approximate surface area is 385 Å². The molecule has 4 aromatic carbocycles. The molecule has 6 heteroatoms. The number of nitrogens with zero attached hydrogens (tertiary/aromatic N) is 4. The lowest BCUT2D eigenvalue weighted by Crippen LogP contribution is -2.30. The number of Topliss-reactive ketones (excluding diaryl/α,β-unsaturated/α-hetero) is 2. The number of benzene rings is 4. The maximum atomic E-state index is 14.3. The minimum absolute atomic E-state index is 0.0359.